The molecule has 1 N–H and O–H groups in total. The van der Waals surface area contributed by atoms with Gasteiger partial charge in [0, 0.05) is 5.75 Å². The third-order valence-corrected chi connectivity index (χ3v) is 2.43. The Morgan fingerprint density at radius 2 is 2.00 bits per heavy atom. The molecule has 0 radical (unpaired) electrons. The van der Waals surface area contributed by atoms with Crippen molar-refractivity contribution in [3.63, 3.8) is 0 Å². The average Bonchev–Trinajstić information content (AvgIpc) is 2.08. The van der Waals surface area contributed by atoms with Gasteiger partial charge in [-0.3, -0.25) is 0 Å². The van der Waals surface area contributed by atoms with E-state index >= 15 is 0 Å². The summed E-state index contributed by atoms with van der Waals surface area (Å²) in [5.74, 6) is 0.475. The molecule has 0 aliphatic carbocycles. The lowest BCUT2D eigenvalue weighted by molar-refractivity contribution is 0.204. The number of aliphatic hydroxyl groups excluding tert-OH is 1. The van der Waals surface area contributed by atoms with E-state index in [0.717, 1.165) is 5.56 Å². The van der Waals surface area contributed by atoms with Gasteiger partial charge in [-0.15, -0.1) is 0 Å². The zero-order valence-corrected chi connectivity index (χ0v) is 8.31. The molecule has 0 amide bonds. The molecule has 0 spiro atoms. The van der Waals surface area contributed by atoms with Gasteiger partial charge in [0.1, 0.15) is 0 Å². The lowest BCUT2D eigenvalue weighted by atomic mass is 10.0. The quantitative estimate of drug-likeness (QED) is 0.672. The highest BCUT2D eigenvalue weighted by Crippen LogP contribution is 2.17. The van der Waals surface area contributed by atoms with Gasteiger partial charge in [0.2, 0.25) is 0 Å². The van der Waals surface area contributed by atoms with Gasteiger partial charge < -0.3 is 5.11 Å². The Bertz CT molecular complexity index is 271. The van der Waals surface area contributed by atoms with Gasteiger partial charge in [0.15, 0.2) is 0 Å². The smallest absolute Gasteiger partial charge is 0.0877 e. The van der Waals surface area contributed by atoms with E-state index in [9.17, 15) is 5.11 Å². The first-order chi connectivity index (χ1) is 5.65. The Labute approximate surface area is 78.8 Å². The first-order valence-electron chi connectivity index (χ1n) is 4.01. The molecule has 1 aromatic rings. The van der Waals surface area contributed by atoms with E-state index in [2.05, 4.69) is 19.6 Å². The Hall–Kier alpha value is -0.470. The monoisotopic (exact) mass is 182 g/mol. The van der Waals surface area contributed by atoms with Crippen LogP contribution in [-0.2, 0) is 0 Å². The first kappa shape index (κ1) is 9.62. The summed E-state index contributed by atoms with van der Waals surface area (Å²) >= 11 is 4.04. The van der Waals surface area contributed by atoms with E-state index in [1.54, 1.807) is 0 Å². The maximum Gasteiger partial charge on any atom is 0.0877 e. The van der Waals surface area contributed by atoms with E-state index in [0.29, 0.717) is 5.75 Å². The van der Waals surface area contributed by atoms with Crippen LogP contribution in [0.3, 0.4) is 0 Å². The van der Waals surface area contributed by atoms with Crippen LogP contribution in [0.15, 0.2) is 18.2 Å². The Kier molecular flexibility index (Phi) is 3.18. The van der Waals surface area contributed by atoms with Crippen LogP contribution in [0.25, 0.3) is 0 Å². The van der Waals surface area contributed by atoms with Crippen molar-refractivity contribution in [2.45, 2.75) is 20.0 Å². The van der Waals surface area contributed by atoms with E-state index < -0.39 is 6.10 Å². The Balaban J connectivity index is 2.96. The minimum Gasteiger partial charge on any atom is -0.388 e. The zero-order valence-electron chi connectivity index (χ0n) is 7.41. The second-order valence-corrected chi connectivity index (χ2v) is 3.41. The molecule has 1 aromatic carbocycles. The van der Waals surface area contributed by atoms with Crippen LogP contribution < -0.4 is 0 Å². The molecule has 0 aliphatic rings. The van der Waals surface area contributed by atoms with Crippen LogP contribution in [0.4, 0.5) is 0 Å². The fourth-order valence-corrected chi connectivity index (χ4v) is 1.29. The SMILES string of the molecule is Cc1ccc(C(O)CS)cc1C. The lowest BCUT2D eigenvalue weighted by Gasteiger charge is -2.09. The molecule has 0 heterocycles. The molecule has 2 heteroatoms. The minimum atomic E-state index is -0.437. The Morgan fingerprint density at radius 1 is 1.33 bits per heavy atom. The highest BCUT2D eigenvalue weighted by atomic mass is 32.1. The molecule has 1 nitrogen and oxygen atoms in total. The summed E-state index contributed by atoms with van der Waals surface area (Å²) < 4.78 is 0. The van der Waals surface area contributed by atoms with Crippen LogP contribution in [0.1, 0.15) is 22.8 Å². The van der Waals surface area contributed by atoms with Crippen LogP contribution >= 0.6 is 12.6 Å². The molecule has 1 unspecified atom stereocenters. The van der Waals surface area contributed by atoms with E-state index in [-0.39, 0.29) is 0 Å². The van der Waals surface area contributed by atoms with Crippen molar-refractivity contribution in [1.29, 1.82) is 0 Å². The first-order valence-corrected chi connectivity index (χ1v) is 4.64. The van der Waals surface area contributed by atoms with Crippen LogP contribution in [0.5, 0.6) is 0 Å². The highest BCUT2D eigenvalue weighted by Gasteiger charge is 2.04. The van der Waals surface area contributed by atoms with Crippen molar-refractivity contribution < 1.29 is 5.11 Å². The van der Waals surface area contributed by atoms with E-state index in [1.807, 2.05) is 25.1 Å². The predicted molar refractivity (Wildman–Crippen MR) is 54.7 cm³/mol. The summed E-state index contributed by atoms with van der Waals surface area (Å²) in [6.45, 7) is 4.11. The second-order valence-electron chi connectivity index (χ2n) is 3.04. The van der Waals surface area contributed by atoms with Crippen molar-refractivity contribution >= 4 is 12.6 Å². The third-order valence-electron chi connectivity index (χ3n) is 2.09. The van der Waals surface area contributed by atoms with Gasteiger partial charge in [-0.25, -0.2) is 0 Å². The predicted octanol–water partition coefficient (Wildman–Crippen LogP) is 2.27. The molecule has 1 rings (SSSR count). The number of rotatable bonds is 2. The molecular formula is C10H14OS. The number of hydrogen-bond donors (Lipinski definition) is 2. The normalized spacial score (nSPS) is 13.0. The molecule has 0 saturated carbocycles. The topological polar surface area (TPSA) is 20.2 Å². The maximum atomic E-state index is 9.47. The van der Waals surface area contributed by atoms with Gasteiger partial charge in [-0.2, -0.15) is 12.6 Å². The molecule has 1 atom stereocenters. The molecule has 0 aromatic heterocycles. The van der Waals surface area contributed by atoms with Crippen molar-refractivity contribution in [3.8, 4) is 0 Å². The highest BCUT2D eigenvalue weighted by molar-refractivity contribution is 7.80. The van der Waals surface area contributed by atoms with Gasteiger partial charge in [-0.05, 0) is 30.5 Å². The fourth-order valence-electron chi connectivity index (χ4n) is 1.08. The van der Waals surface area contributed by atoms with Gasteiger partial charge in [-0.1, -0.05) is 18.2 Å². The standard InChI is InChI=1S/C10H14OS/c1-7-3-4-9(5-8(7)2)10(11)6-12/h3-5,10-12H,6H2,1-2H3. The molecular weight excluding hydrogens is 168 g/mol. The van der Waals surface area contributed by atoms with E-state index in [1.165, 1.54) is 11.1 Å². The zero-order chi connectivity index (χ0) is 9.14. The van der Waals surface area contributed by atoms with Gasteiger partial charge >= 0.3 is 0 Å². The van der Waals surface area contributed by atoms with Crippen LogP contribution in [-0.4, -0.2) is 10.9 Å². The number of aryl methyl sites for hydroxylation is 2. The number of benzene rings is 1. The largest absolute Gasteiger partial charge is 0.388 e. The lowest BCUT2D eigenvalue weighted by Crippen LogP contribution is -1.99. The maximum absolute atomic E-state index is 9.47. The van der Waals surface area contributed by atoms with E-state index in [4.69, 9.17) is 0 Å². The Morgan fingerprint density at radius 3 is 2.50 bits per heavy atom. The molecule has 0 bridgehead atoms. The molecule has 0 saturated heterocycles. The molecule has 0 fully saturated rings. The minimum absolute atomic E-state index is 0.437. The molecule has 0 aliphatic heterocycles. The summed E-state index contributed by atoms with van der Waals surface area (Å²) in [4.78, 5) is 0. The summed E-state index contributed by atoms with van der Waals surface area (Å²) in [6, 6.07) is 5.98. The van der Waals surface area contributed by atoms with Crippen molar-refractivity contribution in [3.05, 3.63) is 34.9 Å². The van der Waals surface area contributed by atoms with Crippen LogP contribution in [0, 0.1) is 13.8 Å². The summed E-state index contributed by atoms with van der Waals surface area (Å²) in [5.41, 5.74) is 3.42. The number of thiol groups is 1. The van der Waals surface area contributed by atoms with Crippen LogP contribution in [0.2, 0.25) is 0 Å². The van der Waals surface area contributed by atoms with Gasteiger partial charge in [0.25, 0.3) is 0 Å². The third kappa shape index (κ3) is 2.02. The van der Waals surface area contributed by atoms with Crippen molar-refractivity contribution in [2.24, 2.45) is 0 Å². The fraction of sp³-hybridized carbons (Fsp3) is 0.400. The summed E-state index contributed by atoms with van der Waals surface area (Å²) in [6.07, 6.45) is -0.437. The second kappa shape index (κ2) is 3.97. The molecule has 12 heavy (non-hydrogen) atoms. The van der Waals surface area contributed by atoms with Crippen molar-refractivity contribution in [2.75, 3.05) is 5.75 Å². The molecule has 66 valence electrons. The average molecular weight is 182 g/mol. The summed E-state index contributed by atoms with van der Waals surface area (Å²) in [7, 11) is 0. The number of aliphatic hydroxyl groups is 1. The van der Waals surface area contributed by atoms with Gasteiger partial charge in [0.05, 0.1) is 6.10 Å². The number of hydrogen-bond acceptors (Lipinski definition) is 2. The van der Waals surface area contributed by atoms with Crippen molar-refractivity contribution in [1.82, 2.24) is 0 Å². The summed E-state index contributed by atoms with van der Waals surface area (Å²) in [5, 5.41) is 9.47.